The molecule has 0 saturated carbocycles. The minimum Gasteiger partial charge on any atom is -0.351 e. The minimum absolute atomic E-state index is 0.154. The normalized spacial score (nSPS) is 16.6. The van der Waals surface area contributed by atoms with E-state index in [1.807, 2.05) is 61.5 Å². The fourth-order valence-corrected chi connectivity index (χ4v) is 3.72. The van der Waals surface area contributed by atoms with E-state index in [0.717, 1.165) is 27.7 Å². The number of carbonyl (C=O) groups is 1. The van der Waals surface area contributed by atoms with E-state index in [0.29, 0.717) is 10.7 Å². The molecule has 0 saturated heterocycles. The third-order valence-electron chi connectivity index (χ3n) is 4.68. The van der Waals surface area contributed by atoms with Crippen LogP contribution >= 0.6 is 12.2 Å². The molecule has 3 N–H and O–H groups in total. The second kappa shape index (κ2) is 7.21. The van der Waals surface area contributed by atoms with Crippen LogP contribution in [0.4, 0.5) is 5.69 Å². The molecule has 0 spiro atoms. The zero-order valence-corrected chi connectivity index (χ0v) is 15.6. The van der Waals surface area contributed by atoms with E-state index >= 15 is 0 Å². The molecule has 1 aliphatic rings. The van der Waals surface area contributed by atoms with Gasteiger partial charge in [0.25, 0.3) is 5.91 Å². The lowest BCUT2D eigenvalue weighted by atomic mass is 9.91. The lowest BCUT2D eigenvalue weighted by molar-refractivity contribution is -0.113. The number of thiocarbonyl (C=S) groups is 1. The largest absolute Gasteiger partial charge is 0.351 e. The molecule has 0 aromatic heterocycles. The van der Waals surface area contributed by atoms with Crippen molar-refractivity contribution in [2.45, 2.75) is 13.0 Å². The van der Waals surface area contributed by atoms with Crippen LogP contribution < -0.4 is 16.0 Å². The average molecular weight is 373 g/mol. The number of nitrogens with one attached hydrogen (secondary N) is 3. The Morgan fingerprint density at radius 1 is 0.963 bits per heavy atom. The van der Waals surface area contributed by atoms with Crippen LogP contribution in [0.2, 0.25) is 0 Å². The van der Waals surface area contributed by atoms with Crippen molar-refractivity contribution >= 4 is 39.7 Å². The van der Waals surface area contributed by atoms with E-state index in [-0.39, 0.29) is 11.9 Å². The molecule has 4 rings (SSSR count). The van der Waals surface area contributed by atoms with E-state index in [1.54, 1.807) is 0 Å². The maximum atomic E-state index is 13.1. The summed E-state index contributed by atoms with van der Waals surface area (Å²) >= 11 is 5.36. The van der Waals surface area contributed by atoms with Gasteiger partial charge in [-0.2, -0.15) is 0 Å². The third kappa shape index (κ3) is 3.41. The molecule has 3 aromatic carbocycles. The maximum absolute atomic E-state index is 13.1. The summed E-state index contributed by atoms with van der Waals surface area (Å²) in [5.41, 5.74) is 3.16. The molecule has 0 radical (unpaired) electrons. The fourth-order valence-electron chi connectivity index (χ4n) is 3.45. The van der Waals surface area contributed by atoms with Crippen LogP contribution in [0.3, 0.4) is 0 Å². The SMILES string of the molecule is CC1=C(C(=O)Nc2ccccc2)[C@H](c2cccc3ccccc23)NC(=S)N1. The van der Waals surface area contributed by atoms with Crippen LogP contribution in [0.25, 0.3) is 10.8 Å². The van der Waals surface area contributed by atoms with Gasteiger partial charge in [-0.3, -0.25) is 4.79 Å². The van der Waals surface area contributed by atoms with Gasteiger partial charge in [0.15, 0.2) is 5.11 Å². The fraction of sp³-hybridized carbons (Fsp3) is 0.0909. The summed E-state index contributed by atoms with van der Waals surface area (Å²) in [5, 5.41) is 12.1. The summed E-state index contributed by atoms with van der Waals surface area (Å²) in [6.07, 6.45) is 0. The molecule has 27 heavy (non-hydrogen) atoms. The highest BCUT2D eigenvalue weighted by Crippen LogP contribution is 2.32. The van der Waals surface area contributed by atoms with E-state index in [1.165, 1.54) is 0 Å². The lowest BCUT2D eigenvalue weighted by Crippen LogP contribution is -2.45. The summed E-state index contributed by atoms with van der Waals surface area (Å²) in [4.78, 5) is 13.1. The van der Waals surface area contributed by atoms with Gasteiger partial charge in [0, 0.05) is 11.4 Å². The number of para-hydroxylation sites is 1. The van der Waals surface area contributed by atoms with Gasteiger partial charge < -0.3 is 16.0 Å². The number of anilines is 1. The quantitative estimate of drug-likeness (QED) is 0.600. The number of amides is 1. The number of hydrogen-bond donors (Lipinski definition) is 3. The van der Waals surface area contributed by atoms with Crippen molar-refractivity contribution in [3.05, 3.63) is 89.6 Å². The summed E-state index contributed by atoms with van der Waals surface area (Å²) in [5.74, 6) is -0.154. The Labute approximate surface area is 163 Å². The molecule has 1 aliphatic heterocycles. The second-order valence-corrected chi connectivity index (χ2v) is 6.87. The number of rotatable bonds is 3. The van der Waals surface area contributed by atoms with E-state index in [9.17, 15) is 4.79 Å². The minimum atomic E-state index is -0.325. The first-order valence-corrected chi connectivity index (χ1v) is 9.16. The standard InChI is InChI=1S/C22H19N3OS/c1-14-19(21(26)24-16-10-3-2-4-11-16)20(25-22(27)23-14)18-13-7-9-15-8-5-6-12-17(15)18/h2-13,20H,1H3,(H,24,26)(H2,23,25,27)/t20-/m0/s1. The second-order valence-electron chi connectivity index (χ2n) is 6.46. The molecule has 0 fully saturated rings. The van der Waals surface area contributed by atoms with Crippen LogP contribution in [0, 0.1) is 0 Å². The molecule has 0 aliphatic carbocycles. The van der Waals surface area contributed by atoms with Crippen LogP contribution in [-0.4, -0.2) is 11.0 Å². The summed E-state index contributed by atoms with van der Waals surface area (Å²) in [6, 6.07) is 23.4. The highest BCUT2D eigenvalue weighted by atomic mass is 32.1. The summed E-state index contributed by atoms with van der Waals surface area (Å²) < 4.78 is 0. The number of carbonyl (C=O) groups excluding carboxylic acids is 1. The molecule has 1 heterocycles. The predicted molar refractivity (Wildman–Crippen MR) is 113 cm³/mol. The van der Waals surface area contributed by atoms with Crippen molar-refractivity contribution in [1.29, 1.82) is 0 Å². The van der Waals surface area contributed by atoms with Gasteiger partial charge in [-0.25, -0.2) is 0 Å². The lowest BCUT2D eigenvalue weighted by Gasteiger charge is -2.31. The van der Waals surface area contributed by atoms with Gasteiger partial charge in [-0.1, -0.05) is 60.7 Å². The van der Waals surface area contributed by atoms with Crippen LogP contribution in [0.1, 0.15) is 18.5 Å². The Hall–Kier alpha value is -3.18. The van der Waals surface area contributed by atoms with Crippen molar-refractivity contribution in [3.8, 4) is 0 Å². The molecular weight excluding hydrogens is 354 g/mol. The van der Waals surface area contributed by atoms with Crippen molar-refractivity contribution < 1.29 is 4.79 Å². The number of fused-ring (bicyclic) bond motifs is 1. The molecule has 0 unspecified atom stereocenters. The van der Waals surface area contributed by atoms with E-state index in [4.69, 9.17) is 12.2 Å². The van der Waals surface area contributed by atoms with Crippen molar-refractivity contribution in [1.82, 2.24) is 10.6 Å². The van der Waals surface area contributed by atoms with Gasteiger partial charge in [0.05, 0.1) is 11.6 Å². The molecule has 1 atom stereocenters. The molecule has 4 nitrogen and oxygen atoms in total. The smallest absolute Gasteiger partial charge is 0.255 e. The van der Waals surface area contributed by atoms with Crippen molar-refractivity contribution in [2.24, 2.45) is 0 Å². The Morgan fingerprint density at radius 2 is 1.67 bits per heavy atom. The molecule has 3 aromatic rings. The van der Waals surface area contributed by atoms with Gasteiger partial charge in [-0.15, -0.1) is 0 Å². The topological polar surface area (TPSA) is 53.2 Å². The van der Waals surface area contributed by atoms with Gasteiger partial charge in [-0.05, 0) is 47.6 Å². The average Bonchev–Trinajstić information content (AvgIpc) is 2.67. The summed E-state index contributed by atoms with van der Waals surface area (Å²) in [7, 11) is 0. The Kier molecular flexibility index (Phi) is 4.60. The van der Waals surface area contributed by atoms with Gasteiger partial charge in [0.2, 0.25) is 0 Å². The molecular formula is C22H19N3OS. The zero-order chi connectivity index (χ0) is 18.8. The van der Waals surface area contributed by atoms with E-state index in [2.05, 4.69) is 34.1 Å². The first-order chi connectivity index (χ1) is 13.1. The predicted octanol–water partition coefficient (Wildman–Crippen LogP) is 4.27. The monoisotopic (exact) mass is 373 g/mol. The Balaban J connectivity index is 1.78. The highest BCUT2D eigenvalue weighted by Gasteiger charge is 2.30. The molecule has 1 amide bonds. The first-order valence-electron chi connectivity index (χ1n) is 8.76. The third-order valence-corrected chi connectivity index (χ3v) is 4.90. The molecule has 134 valence electrons. The van der Waals surface area contributed by atoms with Gasteiger partial charge >= 0.3 is 0 Å². The first kappa shape index (κ1) is 17.2. The van der Waals surface area contributed by atoms with Crippen molar-refractivity contribution in [2.75, 3.05) is 5.32 Å². The number of allylic oxidation sites excluding steroid dienone is 1. The maximum Gasteiger partial charge on any atom is 0.255 e. The summed E-state index contributed by atoms with van der Waals surface area (Å²) in [6.45, 7) is 1.88. The van der Waals surface area contributed by atoms with Gasteiger partial charge in [0.1, 0.15) is 0 Å². The molecule has 5 heteroatoms. The van der Waals surface area contributed by atoms with Crippen molar-refractivity contribution in [3.63, 3.8) is 0 Å². The highest BCUT2D eigenvalue weighted by molar-refractivity contribution is 7.80. The Bertz CT molecular complexity index is 1050. The Morgan fingerprint density at radius 3 is 2.48 bits per heavy atom. The number of hydrogen-bond acceptors (Lipinski definition) is 2. The van der Waals surface area contributed by atoms with Crippen LogP contribution in [-0.2, 0) is 4.79 Å². The van der Waals surface area contributed by atoms with Crippen LogP contribution in [0.5, 0.6) is 0 Å². The number of benzene rings is 3. The molecule has 0 bridgehead atoms. The zero-order valence-electron chi connectivity index (χ0n) is 14.8. The van der Waals surface area contributed by atoms with Crippen LogP contribution in [0.15, 0.2) is 84.1 Å². The van der Waals surface area contributed by atoms with E-state index < -0.39 is 0 Å².